The molecule has 1 N–H and O–H groups in total. The minimum absolute atomic E-state index is 0.0761. The second kappa shape index (κ2) is 9.33. The number of sulfonamides is 1. The van der Waals surface area contributed by atoms with Gasteiger partial charge in [-0.1, -0.05) is 42.5 Å². The molecule has 0 bridgehead atoms. The van der Waals surface area contributed by atoms with E-state index in [-0.39, 0.29) is 10.7 Å². The van der Waals surface area contributed by atoms with Crippen LogP contribution in [-0.4, -0.2) is 52.6 Å². The second-order valence-electron chi connectivity index (χ2n) is 7.59. The van der Waals surface area contributed by atoms with E-state index in [2.05, 4.69) is 5.32 Å². The van der Waals surface area contributed by atoms with Gasteiger partial charge in [0.1, 0.15) is 0 Å². The molecule has 0 aliphatic heterocycles. The highest BCUT2D eigenvalue weighted by atomic mass is 32.2. The highest BCUT2D eigenvalue weighted by Crippen LogP contribution is 2.29. The van der Waals surface area contributed by atoms with E-state index in [1.807, 2.05) is 6.07 Å². The van der Waals surface area contributed by atoms with E-state index in [0.29, 0.717) is 28.1 Å². The third kappa shape index (κ3) is 4.87. The number of rotatable bonds is 7. The topological polar surface area (TPSA) is 86.8 Å². The Kier molecular flexibility index (Phi) is 6.76. The summed E-state index contributed by atoms with van der Waals surface area (Å²) in [6.07, 6.45) is 0. The number of hydrogen-bond acceptors (Lipinski definition) is 5. The van der Waals surface area contributed by atoms with Gasteiger partial charge in [0.25, 0.3) is 5.91 Å². The van der Waals surface area contributed by atoms with Crippen LogP contribution < -0.4 is 10.2 Å². The number of benzene rings is 3. The molecule has 3 rings (SSSR count). The number of carbonyl (C=O) groups is 2. The van der Waals surface area contributed by atoms with Crippen LogP contribution in [0.2, 0.25) is 0 Å². The van der Waals surface area contributed by atoms with Gasteiger partial charge >= 0.3 is 0 Å². The minimum Gasteiger partial charge on any atom is -0.376 e. The van der Waals surface area contributed by atoms with Crippen molar-refractivity contribution in [3.8, 4) is 0 Å². The fraction of sp³-hybridized carbons (Fsp3) is 0.167. The molecular weight excluding hydrogens is 426 g/mol. The monoisotopic (exact) mass is 451 g/mol. The van der Waals surface area contributed by atoms with Crippen molar-refractivity contribution in [2.75, 3.05) is 38.4 Å². The van der Waals surface area contributed by atoms with Crippen molar-refractivity contribution in [2.45, 2.75) is 4.90 Å². The number of nitrogens with one attached hydrogen (secondary N) is 1. The van der Waals surface area contributed by atoms with Gasteiger partial charge in [-0.05, 0) is 30.3 Å². The maximum Gasteiger partial charge on any atom is 0.255 e. The zero-order valence-electron chi connectivity index (χ0n) is 18.4. The first-order valence-corrected chi connectivity index (χ1v) is 11.3. The van der Waals surface area contributed by atoms with Crippen molar-refractivity contribution >= 4 is 33.1 Å². The smallest absolute Gasteiger partial charge is 0.255 e. The van der Waals surface area contributed by atoms with E-state index in [4.69, 9.17) is 0 Å². The molecule has 0 aromatic heterocycles. The molecule has 1 amide bonds. The summed E-state index contributed by atoms with van der Waals surface area (Å²) < 4.78 is 26.1. The van der Waals surface area contributed by atoms with Crippen LogP contribution in [0.1, 0.15) is 26.3 Å². The van der Waals surface area contributed by atoms with Crippen molar-refractivity contribution in [3.05, 3.63) is 89.5 Å². The lowest BCUT2D eigenvalue weighted by molar-refractivity contribution is 0.102. The van der Waals surface area contributed by atoms with Gasteiger partial charge in [0.15, 0.2) is 5.78 Å². The van der Waals surface area contributed by atoms with Crippen molar-refractivity contribution in [2.24, 2.45) is 0 Å². The van der Waals surface area contributed by atoms with Crippen LogP contribution in [0.25, 0.3) is 0 Å². The van der Waals surface area contributed by atoms with Gasteiger partial charge in [-0.25, -0.2) is 12.7 Å². The van der Waals surface area contributed by atoms with Crippen LogP contribution in [-0.2, 0) is 10.0 Å². The number of anilines is 2. The van der Waals surface area contributed by atoms with Crippen molar-refractivity contribution in [1.29, 1.82) is 0 Å². The summed E-state index contributed by atoms with van der Waals surface area (Å²) in [5.41, 5.74) is 2.42. The molecule has 0 aliphatic carbocycles. The fourth-order valence-corrected chi connectivity index (χ4v) is 4.03. The summed E-state index contributed by atoms with van der Waals surface area (Å²) in [6.45, 7) is 0. The molecule has 3 aromatic rings. The largest absolute Gasteiger partial charge is 0.376 e. The van der Waals surface area contributed by atoms with E-state index >= 15 is 0 Å². The Balaban J connectivity index is 1.87. The molecule has 7 nitrogen and oxygen atoms in total. The summed E-state index contributed by atoms with van der Waals surface area (Å²) in [6, 6.07) is 19.8. The van der Waals surface area contributed by atoms with Crippen LogP contribution in [0.15, 0.2) is 77.7 Å². The third-order valence-electron chi connectivity index (χ3n) is 4.92. The first kappa shape index (κ1) is 23.2. The standard InChI is InChI=1S/C24H25N3O4S/c1-26(2)22-15-14-20(32(30,31)27(3)4)16-21(22)25-24(29)19-12-10-18(11-13-19)23(28)17-8-6-5-7-9-17/h5-16H,1-4H3,(H,25,29). The second-order valence-corrected chi connectivity index (χ2v) is 9.74. The molecule has 8 heteroatoms. The summed E-state index contributed by atoms with van der Waals surface area (Å²) in [5.74, 6) is -0.541. The molecule has 0 saturated carbocycles. The van der Waals surface area contributed by atoms with Gasteiger partial charge in [0, 0.05) is 44.9 Å². The number of nitrogens with zero attached hydrogens (tertiary/aromatic N) is 2. The van der Waals surface area contributed by atoms with E-state index in [9.17, 15) is 18.0 Å². The molecule has 0 spiro atoms. The maximum absolute atomic E-state index is 12.9. The Hall–Kier alpha value is -3.49. The molecule has 0 unspecified atom stereocenters. The maximum atomic E-state index is 12.9. The molecule has 0 aliphatic rings. The lowest BCUT2D eigenvalue weighted by atomic mass is 10.0. The van der Waals surface area contributed by atoms with Gasteiger partial charge in [0.2, 0.25) is 10.0 Å². The Morgan fingerprint density at radius 3 is 1.88 bits per heavy atom. The molecular formula is C24H25N3O4S. The zero-order chi connectivity index (χ0) is 23.5. The molecule has 0 radical (unpaired) electrons. The number of amides is 1. The minimum atomic E-state index is -3.66. The van der Waals surface area contributed by atoms with Crippen LogP contribution >= 0.6 is 0 Å². The highest BCUT2D eigenvalue weighted by Gasteiger charge is 2.20. The molecule has 166 valence electrons. The van der Waals surface area contributed by atoms with Crippen LogP contribution in [0.3, 0.4) is 0 Å². The molecule has 0 fully saturated rings. The Morgan fingerprint density at radius 1 is 0.750 bits per heavy atom. The van der Waals surface area contributed by atoms with E-state index in [1.165, 1.54) is 26.2 Å². The van der Waals surface area contributed by atoms with E-state index in [1.54, 1.807) is 73.6 Å². The highest BCUT2D eigenvalue weighted by molar-refractivity contribution is 7.89. The number of ketones is 1. The van der Waals surface area contributed by atoms with Crippen LogP contribution in [0.5, 0.6) is 0 Å². The predicted octanol–water partition coefficient (Wildman–Crippen LogP) is 3.49. The van der Waals surface area contributed by atoms with Crippen molar-refractivity contribution in [3.63, 3.8) is 0 Å². The third-order valence-corrected chi connectivity index (χ3v) is 6.73. The van der Waals surface area contributed by atoms with E-state index < -0.39 is 15.9 Å². The fourth-order valence-electron chi connectivity index (χ4n) is 3.10. The molecule has 3 aromatic carbocycles. The van der Waals surface area contributed by atoms with Gasteiger partial charge in [-0.15, -0.1) is 0 Å². The first-order chi connectivity index (χ1) is 15.1. The quantitative estimate of drug-likeness (QED) is 0.556. The van der Waals surface area contributed by atoms with Gasteiger partial charge in [0.05, 0.1) is 16.3 Å². The Bertz CT molecular complexity index is 1240. The van der Waals surface area contributed by atoms with Crippen LogP contribution in [0.4, 0.5) is 11.4 Å². The Labute approximate surface area is 188 Å². The number of hydrogen-bond donors (Lipinski definition) is 1. The van der Waals surface area contributed by atoms with Gasteiger partial charge in [-0.2, -0.15) is 0 Å². The predicted molar refractivity (Wildman–Crippen MR) is 126 cm³/mol. The lowest BCUT2D eigenvalue weighted by Crippen LogP contribution is -2.23. The SMILES string of the molecule is CN(C)c1ccc(S(=O)(=O)N(C)C)cc1NC(=O)c1ccc(C(=O)c2ccccc2)cc1. The zero-order valence-corrected chi connectivity index (χ0v) is 19.2. The molecule has 0 saturated heterocycles. The molecule has 32 heavy (non-hydrogen) atoms. The molecule has 0 heterocycles. The average Bonchev–Trinajstić information content (AvgIpc) is 2.78. The first-order valence-electron chi connectivity index (χ1n) is 9.86. The van der Waals surface area contributed by atoms with Crippen molar-refractivity contribution in [1.82, 2.24) is 4.31 Å². The number of carbonyl (C=O) groups excluding carboxylic acids is 2. The van der Waals surface area contributed by atoms with E-state index in [0.717, 1.165) is 4.31 Å². The summed E-state index contributed by atoms with van der Waals surface area (Å²) in [7, 11) is 2.84. The van der Waals surface area contributed by atoms with Gasteiger partial charge < -0.3 is 10.2 Å². The van der Waals surface area contributed by atoms with Crippen molar-refractivity contribution < 1.29 is 18.0 Å². The Morgan fingerprint density at radius 2 is 1.31 bits per heavy atom. The summed E-state index contributed by atoms with van der Waals surface area (Å²) >= 11 is 0. The average molecular weight is 452 g/mol. The van der Waals surface area contributed by atoms with Gasteiger partial charge in [-0.3, -0.25) is 9.59 Å². The lowest BCUT2D eigenvalue weighted by Gasteiger charge is -2.20. The normalized spacial score (nSPS) is 11.3. The summed E-state index contributed by atoms with van der Waals surface area (Å²) in [4.78, 5) is 27.3. The molecule has 0 atom stereocenters. The summed E-state index contributed by atoms with van der Waals surface area (Å²) in [5, 5.41) is 2.79. The van der Waals surface area contributed by atoms with Crippen LogP contribution in [0, 0.1) is 0 Å².